The molecule has 1 aliphatic heterocycles. The maximum Gasteiger partial charge on any atom is 0.139 e. The van der Waals surface area contributed by atoms with Crippen molar-refractivity contribution in [3.8, 4) is 0 Å². The molecule has 10 heavy (non-hydrogen) atoms. The van der Waals surface area contributed by atoms with Crippen molar-refractivity contribution in [1.82, 2.24) is 0 Å². The van der Waals surface area contributed by atoms with E-state index in [4.69, 9.17) is 9.84 Å². The largest absolute Gasteiger partial charge is 0.394 e. The van der Waals surface area contributed by atoms with Crippen LogP contribution in [-0.2, 0) is 4.74 Å². The van der Waals surface area contributed by atoms with E-state index >= 15 is 0 Å². The van der Waals surface area contributed by atoms with Gasteiger partial charge >= 0.3 is 0 Å². The Morgan fingerprint density at radius 2 is 2.20 bits per heavy atom. The second kappa shape index (κ2) is 2.90. The number of hydrogen-bond acceptors (Lipinski definition) is 3. The minimum absolute atomic E-state index is 0.0622. The average molecular weight is 144 g/mol. The minimum atomic E-state index is -0.500. The maximum atomic E-state index is 9.34. The van der Waals surface area contributed by atoms with Crippen LogP contribution in [-0.4, -0.2) is 42.9 Å². The summed E-state index contributed by atoms with van der Waals surface area (Å²) >= 11 is 0. The second-order valence-electron chi connectivity index (χ2n) is 2.91. The third-order valence-corrected chi connectivity index (χ3v) is 2.23. The molecular formula is C6H13BO3. The van der Waals surface area contributed by atoms with Gasteiger partial charge in [-0.05, 0) is 0 Å². The van der Waals surface area contributed by atoms with Crippen LogP contribution in [0.1, 0.15) is 6.92 Å². The first kappa shape index (κ1) is 8.05. The molecule has 1 heterocycles. The van der Waals surface area contributed by atoms with Gasteiger partial charge in [0.05, 0.1) is 12.7 Å². The first-order valence-corrected chi connectivity index (χ1v) is 3.61. The fourth-order valence-electron chi connectivity index (χ4n) is 1.25. The number of ether oxygens (including phenoxy) is 1. The minimum Gasteiger partial charge on any atom is -0.394 e. The number of rotatable bonds is 1. The Balaban J connectivity index is 2.53. The Bertz CT molecular complexity index is 120. The molecule has 1 rings (SSSR count). The molecule has 1 unspecified atom stereocenters. The first-order valence-electron chi connectivity index (χ1n) is 3.61. The summed E-state index contributed by atoms with van der Waals surface area (Å²) in [4.78, 5) is 0. The van der Waals surface area contributed by atoms with E-state index in [1.54, 1.807) is 0 Å². The molecule has 0 spiro atoms. The van der Waals surface area contributed by atoms with Gasteiger partial charge in [0.25, 0.3) is 0 Å². The van der Waals surface area contributed by atoms with Crippen LogP contribution in [0, 0.1) is 5.92 Å². The van der Waals surface area contributed by atoms with Crippen molar-refractivity contribution < 1.29 is 14.9 Å². The normalized spacial score (nSPS) is 47.9. The smallest absolute Gasteiger partial charge is 0.139 e. The molecular weight excluding hydrogens is 131 g/mol. The Morgan fingerprint density at radius 3 is 2.40 bits per heavy atom. The van der Waals surface area contributed by atoms with Crippen molar-refractivity contribution in [2.45, 2.75) is 25.1 Å². The molecule has 1 fully saturated rings. The van der Waals surface area contributed by atoms with E-state index < -0.39 is 6.10 Å². The zero-order valence-corrected chi connectivity index (χ0v) is 6.32. The van der Waals surface area contributed by atoms with Crippen LogP contribution in [0.25, 0.3) is 0 Å². The summed E-state index contributed by atoms with van der Waals surface area (Å²) in [5.74, 6) is 0.136. The Labute approximate surface area is 61.4 Å². The fraction of sp³-hybridized carbons (Fsp3) is 1.00. The van der Waals surface area contributed by atoms with E-state index in [0.29, 0.717) is 0 Å². The summed E-state index contributed by atoms with van der Waals surface area (Å²) in [5, 5.41) is 18.0. The molecule has 2 N–H and O–H groups in total. The van der Waals surface area contributed by atoms with Gasteiger partial charge < -0.3 is 14.9 Å². The zero-order chi connectivity index (χ0) is 7.72. The number of hydrogen-bond donors (Lipinski definition) is 2. The van der Waals surface area contributed by atoms with Gasteiger partial charge in [-0.2, -0.15) is 0 Å². The highest BCUT2D eigenvalue weighted by atomic mass is 16.5. The van der Waals surface area contributed by atoms with E-state index in [9.17, 15) is 5.11 Å². The van der Waals surface area contributed by atoms with Gasteiger partial charge in [-0.1, -0.05) is 6.92 Å². The molecule has 0 aliphatic carbocycles. The summed E-state index contributed by atoms with van der Waals surface area (Å²) in [7, 11) is 1.91. The average Bonchev–Trinajstić information content (AvgIpc) is 2.17. The maximum absolute atomic E-state index is 9.34. The standard InChI is InChI=1S/C6H13BO3/c1-3-5(9)4(2-8)10-6(3)7/h3-6,8-9H,2,7H2,1H3/t3-,4+,5?,6+/m0/s1. The van der Waals surface area contributed by atoms with Crippen LogP contribution in [0.15, 0.2) is 0 Å². The molecule has 0 aromatic rings. The van der Waals surface area contributed by atoms with E-state index in [0.717, 1.165) is 0 Å². The Morgan fingerprint density at radius 1 is 1.60 bits per heavy atom. The fourth-order valence-corrected chi connectivity index (χ4v) is 1.25. The lowest BCUT2D eigenvalue weighted by atomic mass is 9.86. The predicted molar refractivity (Wildman–Crippen MR) is 39.5 cm³/mol. The van der Waals surface area contributed by atoms with E-state index in [2.05, 4.69) is 0 Å². The van der Waals surface area contributed by atoms with Crippen molar-refractivity contribution in [1.29, 1.82) is 0 Å². The van der Waals surface area contributed by atoms with E-state index in [-0.39, 0.29) is 24.6 Å². The highest BCUT2D eigenvalue weighted by Gasteiger charge is 2.37. The Hall–Kier alpha value is -0.0551. The third kappa shape index (κ3) is 1.19. The van der Waals surface area contributed by atoms with E-state index in [1.807, 2.05) is 14.8 Å². The molecule has 0 bridgehead atoms. The van der Waals surface area contributed by atoms with Crippen LogP contribution in [0.5, 0.6) is 0 Å². The third-order valence-electron chi connectivity index (χ3n) is 2.23. The molecule has 3 nitrogen and oxygen atoms in total. The van der Waals surface area contributed by atoms with Crippen LogP contribution < -0.4 is 0 Å². The van der Waals surface area contributed by atoms with Crippen molar-refractivity contribution >= 4 is 7.85 Å². The molecule has 0 amide bonds. The molecule has 1 saturated heterocycles. The Kier molecular flexibility index (Phi) is 2.34. The molecule has 58 valence electrons. The molecule has 0 aromatic heterocycles. The quantitative estimate of drug-likeness (QED) is 0.433. The van der Waals surface area contributed by atoms with Gasteiger partial charge in [-0.15, -0.1) is 0 Å². The monoisotopic (exact) mass is 144 g/mol. The summed E-state index contributed by atoms with van der Waals surface area (Å²) in [5.41, 5.74) is 0. The lowest BCUT2D eigenvalue weighted by molar-refractivity contribution is -0.00490. The van der Waals surface area contributed by atoms with Crippen LogP contribution in [0.2, 0.25) is 0 Å². The topological polar surface area (TPSA) is 49.7 Å². The van der Waals surface area contributed by atoms with Crippen LogP contribution in [0.3, 0.4) is 0 Å². The van der Waals surface area contributed by atoms with Gasteiger partial charge in [0.2, 0.25) is 0 Å². The SMILES string of the molecule is B[C@@H]1O[C@H](CO)C(O)[C@@H]1C. The van der Waals surface area contributed by atoms with E-state index in [1.165, 1.54) is 0 Å². The van der Waals surface area contributed by atoms with Crippen molar-refractivity contribution in [2.75, 3.05) is 6.61 Å². The highest BCUT2D eigenvalue weighted by Crippen LogP contribution is 2.23. The summed E-state index contributed by atoms with van der Waals surface area (Å²) in [6.07, 6.45) is -0.870. The first-order chi connectivity index (χ1) is 4.66. The van der Waals surface area contributed by atoms with Crippen molar-refractivity contribution in [3.63, 3.8) is 0 Å². The van der Waals surface area contributed by atoms with Crippen LogP contribution >= 0.6 is 0 Å². The zero-order valence-electron chi connectivity index (χ0n) is 6.32. The molecule has 4 atom stereocenters. The highest BCUT2D eigenvalue weighted by molar-refractivity contribution is 6.11. The number of aliphatic hydroxyl groups excluding tert-OH is 2. The predicted octanol–water partition coefficient (Wildman–Crippen LogP) is -1.67. The second-order valence-corrected chi connectivity index (χ2v) is 2.91. The molecule has 4 heteroatoms. The summed E-state index contributed by atoms with van der Waals surface area (Å²) in [6.45, 7) is 1.83. The summed E-state index contributed by atoms with van der Waals surface area (Å²) < 4.78 is 5.23. The molecule has 0 aromatic carbocycles. The van der Waals surface area contributed by atoms with Crippen molar-refractivity contribution in [2.24, 2.45) is 5.92 Å². The van der Waals surface area contributed by atoms with Gasteiger partial charge in [0.15, 0.2) is 0 Å². The lowest BCUT2D eigenvalue weighted by Gasteiger charge is -2.11. The van der Waals surface area contributed by atoms with Gasteiger partial charge in [0.1, 0.15) is 14.0 Å². The molecule has 0 saturated carbocycles. The molecule has 1 aliphatic rings. The van der Waals surface area contributed by atoms with Gasteiger partial charge in [-0.3, -0.25) is 0 Å². The van der Waals surface area contributed by atoms with Gasteiger partial charge in [-0.25, -0.2) is 0 Å². The van der Waals surface area contributed by atoms with Crippen LogP contribution in [0.4, 0.5) is 0 Å². The molecule has 0 radical (unpaired) electrons. The lowest BCUT2D eigenvalue weighted by Crippen LogP contribution is -2.28. The van der Waals surface area contributed by atoms with Gasteiger partial charge in [0, 0.05) is 11.9 Å². The van der Waals surface area contributed by atoms with Crippen molar-refractivity contribution in [3.05, 3.63) is 0 Å². The number of aliphatic hydroxyl groups is 2. The summed E-state index contributed by atoms with van der Waals surface area (Å²) in [6, 6.07) is 0.0622.